The molecule has 132 valence electrons. The lowest BCUT2D eigenvalue weighted by Crippen LogP contribution is -3.11. The van der Waals surface area contributed by atoms with Crippen molar-refractivity contribution in [1.82, 2.24) is 5.32 Å². The maximum absolute atomic E-state index is 13.1. The second-order valence-corrected chi connectivity index (χ2v) is 6.07. The van der Waals surface area contributed by atoms with Crippen LogP contribution < -0.4 is 15.5 Å². The van der Waals surface area contributed by atoms with Crippen molar-refractivity contribution in [2.24, 2.45) is 0 Å². The molecule has 2 amide bonds. The highest BCUT2D eigenvalue weighted by molar-refractivity contribution is 5.91. The molecule has 0 aliphatic rings. The molecule has 2 rings (SSSR count). The lowest BCUT2D eigenvalue weighted by atomic mass is 10.1. The second-order valence-electron chi connectivity index (χ2n) is 6.07. The van der Waals surface area contributed by atoms with Gasteiger partial charge in [-0.1, -0.05) is 36.4 Å². The van der Waals surface area contributed by atoms with E-state index in [2.05, 4.69) is 10.6 Å². The molecule has 2 aromatic carbocycles. The summed E-state index contributed by atoms with van der Waals surface area (Å²) in [6.07, 6.45) is 0. The van der Waals surface area contributed by atoms with E-state index in [-0.39, 0.29) is 30.9 Å². The summed E-state index contributed by atoms with van der Waals surface area (Å²) in [5, 5.41) is 5.54. The number of hydrogen-bond acceptors (Lipinski definition) is 2. The smallest absolute Gasteiger partial charge is 0.279 e. The van der Waals surface area contributed by atoms with Crippen molar-refractivity contribution in [3.63, 3.8) is 0 Å². The molecule has 25 heavy (non-hydrogen) atoms. The van der Waals surface area contributed by atoms with E-state index in [1.165, 1.54) is 18.2 Å². The van der Waals surface area contributed by atoms with E-state index in [1.807, 2.05) is 37.3 Å². The van der Waals surface area contributed by atoms with Crippen LogP contribution in [0.3, 0.4) is 0 Å². The first kappa shape index (κ1) is 18.6. The summed E-state index contributed by atoms with van der Waals surface area (Å²) in [5.74, 6) is -0.813. The van der Waals surface area contributed by atoms with Crippen molar-refractivity contribution in [2.45, 2.75) is 13.0 Å². The molecule has 0 aliphatic carbocycles. The number of likely N-dealkylation sites (N-methyl/N-ethyl adjacent to an activating group) is 1. The van der Waals surface area contributed by atoms with E-state index in [1.54, 1.807) is 13.1 Å². The van der Waals surface area contributed by atoms with Gasteiger partial charge in [0, 0.05) is 5.69 Å². The summed E-state index contributed by atoms with van der Waals surface area (Å²) in [6, 6.07) is 15.3. The van der Waals surface area contributed by atoms with E-state index < -0.39 is 5.82 Å². The van der Waals surface area contributed by atoms with Gasteiger partial charge in [-0.2, -0.15) is 0 Å². The largest absolute Gasteiger partial charge is 0.345 e. The average Bonchev–Trinajstić information content (AvgIpc) is 2.55. The van der Waals surface area contributed by atoms with Gasteiger partial charge in [-0.3, -0.25) is 9.59 Å². The zero-order valence-electron chi connectivity index (χ0n) is 14.4. The van der Waals surface area contributed by atoms with Crippen LogP contribution in [0.1, 0.15) is 18.5 Å². The van der Waals surface area contributed by atoms with E-state index in [4.69, 9.17) is 0 Å². The fraction of sp³-hybridized carbons (Fsp3) is 0.263. The molecule has 0 radical (unpaired) electrons. The molecule has 0 aliphatic heterocycles. The van der Waals surface area contributed by atoms with Gasteiger partial charge in [-0.15, -0.1) is 0 Å². The second kappa shape index (κ2) is 8.94. The first-order valence-electron chi connectivity index (χ1n) is 8.15. The molecule has 5 nitrogen and oxygen atoms in total. The Hall–Kier alpha value is -2.73. The van der Waals surface area contributed by atoms with Crippen LogP contribution in [0, 0.1) is 5.82 Å². The number of halogens is 1. The minimum Gasteiger partial charge on any atom is -0.345 e. The average molecular weight is 344 g/mol. The van der Waals surface area contributed by atoms with Crippen LogP contribution in [0.2, 0.25) is 0 Å². The number of carbonyl (C=O) groups is 2. The summed E-state index contributed by atoms with van der Waals surface area (Å²) < 4.78 is 13.1. The minimum absolute atomic E-state index is 0.0948. The van der Waals surface area contributed by atoms with Gasteiger partial charge in [-0.05, 0) is 30.7 Å². The van der Waals surface area contributed by atoms with Gasteiger partial charge in [0.25, 0.3) is 11.8 Å². The Balaban J connectivity index is 1.78. The number of quaternary nitrogens is 1. The zero-order chi connectivity index (χ0) is 18.2. The summed E-state index contributed by atoms with van der Waals surface area (Å²) in [5.41, 5.74) is 1.43. The van der Waals surface area contributed by atoms with Crippen molar-refractivity contribution in [3.8, 4) is 0 Å². The van der Waals surface area contributed by atoms with Gasteiger partial charge in [0.1, 0.15) is 5.82 Å². The molecule has 0 fully saturated rings. The van der Waals surface area contributed by atoms with Crippen LogP contribution in [0.5, 0.6) is 0 Å². The van der Waals surface area contributed by atoms with E-state index in [0.717, 1.165) is 10.5 Å². The van der Waals surface area contributed by atoms with Crippen LogP contribution in [0.4, 0.5) is 10.1 Å². The number of amides is 2. The van der Waals surface area contributed by atoms with Crippen LogP contribution in [0.15, 0.2) is 54.6 Å². The quantitative estimate of drug-likeness (QED) is 0.706. The molecular weight excluding hydrogens is 321 g/mol. The molecule has 0 saturated carbocycles. The molecule has 6 heteroatoms. The Morgan fingerprint density at radius 1 is 1.04 bits per heavy atom. The van der Waals surface area contributed by atoms with Crippen LogP contribution in [-0.2, 0) is 9.59 Å². The monoisotopic (exact) mass is 344 g/mol. The Bertz CT molecular complexity index is 722. The van der Waals surface area contributed by atoms with Crippen molar-refractivity contribution >= 4 is 17.5 Å². The molecule has 2 aromatic rings. The Morgan fingerprint density at radius 3 is 2.40 bits per heavy atom. The normalized spacial score (nSPS) is 12.9. The third-order valence-electron chi connectivity index (χ3n) is 3.71. The van der Waals surface area contributed by atoms with Crippen molar-refractivity contribution in [1.29, 1.82) is 0 Å². The Morgan fingerprint density at radius 2 is 1.72 bits per heavy atom. The molecule has 2 atom stereocenters. The fourth-order valence-corrected chi connectivity index (χ4v) is 2.50. The van der Waals surface area contributed by atoms with Crippen molar-refractivity contribution in [2.75, 3.05) is 25.5 Å². The Labute approximate surface area is 146 Å². The SMILES string of the molecule is C[C@H](NC(=O)C[NH+](C)CC(=O)Nc1cccc(F)c1)c1ccccc1. The number of carbonyl (C=O) groups excluding carboxylic acids is 2. The van der Waals surface area contributed by atoms with Gasteiger partial charge < -0.3 is 15.5 Å². The van der Waals surface area contributed by atoms with Crippen LogP contribution in [0.25, 0.3) is 0 Å². The van der Waals surface area contributed by atoms with Crippen LogP contribution >= 0.6 is 0 Å². The summed E-state index contributed by atoms with van der Waals surface area (Å²) in [4.78, 5) is 24.8. The first-order chi connectivity index (χ1) is 11.9. The Kier molecular flexibility index (Phi) is 6.65. The van der Waals surface area contributed by atoms with E-state index in [0.29, 0.717) is 5.69 Å². The molecular formula is C19H23FN3O2+. The standard InChI is InChI=1S/C19H22FN3O2/c1-14(15-7-4-3-5-8-15)21-18(24)12-23(2)13-19(25)22-17-10-6-9-16(20)11-17/h3-11,14H,12-13H2,1-2H3,(H,21,24)(H,22,25)/p+1/t14-/m0/s1. The highest BCUT2D eigenvalue weighted by Crippen LogP contribution is 2.10. The highest BCUT2D eigenvalue weighted by atomic mass is 19.1. The molecule has 0 saturated heterocycles. The fourth-order valence-electron chi connectivity index (χ4n) is 2.50. The third kappa shape index (κ3) is 6.35. The molecule has 0 spiro atoms. The zero-order valence-corrected chi connectivity index (χ0v) is 14.4. The predicted octanol–water partition coefficient (Wildman–Crippen LogP) is 1.16. The molecule has 0 bridgehead atoms. The number of rotatable bonds is 7. The number of nitrogens with one attached hydrogen (secondary N) is 3. The van der Waals surface area contributed by atoms with Gasteiger partial charge >= 0.3 is 0 Å². The lowest BCUT2D eigenvalue weighted by Gasteiger charge is -2.17. The van der Waals surface area contributed by atoms with Gasteiger partial charge in [0.15, 0.2) is 13.1 Å². The predicted molar refractivity (Wildman–Crippen MR) is 94.7 cm³/mol. The highest BCUT2D eigenvalue weighted by Gasteiger charge is 2.16. The first-order valence-corrected chi connectivity index (χ1v) is 8.15. The maximum atomic E-state index is 13.1. The van der Waals surface area contributed by atoms with Crippen molar-refractivity contribution in [3.05, 3.63) is 66.0 Å². The van der Waals surface area contributed by atoms with Gasteiger partial charge in [0.2, 0.25) is 0 Å². The summed E-state index contributed by atoms with van der Waals surface area (Å²) in [7, 11) is 1.76. The lowest BCUT2D eigenvalue weighted by molar-refractivity contribution is -0.862. The minimum atomic E-state index is -0.409. The van der Waals surface area contributed by atoms with Crippen molar-refractivity contribution < 1.29 is 18.9 Å². The molecule has 1 unspecified atom stereocenters. The molecule has 0 heterocycles. The third-order valence-corrected chi connectivity index (χ3v) is 3.71. The molecule has 3 N–H and O–H groups in total. The summed E-state index contributed by atoms with van der Waals surface area (Å²) >= 11 is 0. The maximum Gasteiger partial charge on any atom is 0.279 e. The topological polar surface area (TPSA) is 62.6 Å². The summed E-state index contributed by atoms with van der Waals surface area (Å²) in [6.45, 7) is 2.20. The van der Waals surface area contributed by atoms with E-state index in [9.17, 15) is 14.0 Å². The van der Waals surface area contributed by atoms with Gasteiger partial charge in [0.05, 0.1) is 13.1 Å². The van der Waals surface area contributed by atoms with Crippen LogP contribution in [-0.4, -0.2) is 32.0 Å². The molecule has 0 aromatic heterocycles. The number of benzene rings is 2. The van der Waals surface area contributed by atoms with Gasteiger partial charge in [-0.25, -0.2) is 4.39 Å². The van der Waals surface area contributed by atoms with E-state index >= 15 is 0 Å². The number of hydrogen-bond donors (Lipinski definition) is 3. The number of anilines is 1.